The van der Waals surface area contributed by atoms with Gasteiger partial charge in [0, 0.05) is 55.3 Å². The van der Waals surface area contributed by atoms with Crippen molar-refractivity contribution in [3.05, 3.63) is 77.2 Å². The van der Waals surface area contributed by atoms with Crippen LogP contribution < -0.4 is 20.7 Å². The van der Waals surface area contributed by atoms with Gasteiger partial charge < -0.3 is 20.3 Å². The molecule has 4 aromatic rings. The second-order valence-corrected chi connectivity index (χ2v) is 17.3. The number of halogens is 3. The maximum absolute atomic E-state index is 13.7. The molecule has 2 saturated carbocycles. The zero-order valence-electron chi connectivity index (χ0n) is 33.9. The lowest BCUT2D eigenvalue weighted by molar-refractivity contribution is -0.141. The molecule has 18 heteroatoms. The van der Waals surface area contributed by atoms with Crippen molar-refractivity contribution in [3.8, 4) is 5.75 Å². The first kappa shape index (κ1) is 41.0. The van der Waals surface area contributed by atoms with Crippen molar-refractivity contribution in [1.82, 2.24) is 29.9 Å². The number of imide groups is 2. The third kappa shape index (κ3) is 7.74. The first-order valence-electron chi connectivity index (χ1n) is 21.0. The minimum atomic E-state index is -4.68. The van der Waals surface area contributed by atoms with E-state index in [0.29, 0.717) is 29.4 Å². The lowest BCUT2D eigenvalue weighted by atomic mass is 9.60. The minimum absolute atomic E-state index is 0.0131. The van der Waals surface area contributed by atoms with E-state index in [1.807, 2.05) is 15.8 Å². The molecule has 1 spiro atoms. The fraction of sp³-hybridized carbons (Fsp3) is 0.455. The molecule has 5 heterocycles. The quantitative estimate of drug-likeness (QED) is 0.170. The first-order valence-corrected chi connectivity index (χ1v) is 21.0. The van der Waals surface area contributed by atoms with Crippen LogP contribution in [0.25, 0.3) is 10.9 Å². The van der Waals surface area contributed by atoms with Crippen molar-refractivity contribution < 1.29 is 46.7 Å². The molecule has 2 saturated heterocycles. The van der Waals surface area contributed by atoms with Gasteiger partial charge in [0.2, 0.25) is 17.7 Å². The van der Waals surface area contributed by atoms with Gasteiger partial charge in [0.1, 0.15) is 23.2 Å². The normalized spacial score (nSPS) is 22.7. The number of hydrogen-bond donors (Lipinski definition) is 3. The van der Waals surface area contributed by atoms with Gasteiger partial charge in [-0.2, -0.15) is 18.3 Å². The summed E-state index contributed by atoms with van der Waals surface area (Å²) in [7, 11) is 1.43. The predicted molar refractivity (Wildman–Crippen MR) is 217 cm³/mol. The van der Waals surface area contributed by atoms with Crippen LogP contribution in [0.4, 0.5) is 24.5 Å². The molecule has 9 rings (SSSR count). The third-order valence-corrected chi connectivity index (χ3v) is 13.4. The van der Waals surface area contributed by atoms with Crippen molar-refractivity contribution in [2.45, 2.75) is 82.5 Å². The van der Waals surface area contributed by atoms with Gasteiger partial charge in [-0.15, -0.1) is 0 Å². The molecule has 3 N–H and O–H groups in total. The number of methoxy groups -OCH3 is 1. The monoisotopic (exact) mass is 854 g/mol. The number of fused-ring (bicyclic) bond motifs is 2. The Labute approximate surface area is 353 Å². The summed E-state index contributed by atoms with van der Waals surface area (Å²) in [6, 6.07) is 10.7. The number of amides is 6. The van der Waals surface area contributed by atoms with E-state index < -0.39 is 47.4 Å². The molecule has 3 aliphatic heterocycles. The van der Waals surface area contributed by atoms with Crippen molar-refractivity contribution in [3.63, 3.8) is 0 Å². The summed E-state index contributed by atoms with van der Waals surface area (Å²) in [4.78, 5) is 83.3. The molecule has 2 aromatic carbocycles. The van der Waals surface area contributed by atoms with E-state index in [9.17, 15) is 41.9 Å². The number of benzene rings is 2. The number of pyridine rings is 1. The predicted octanol–water partition coefficient (Wildman–Crippen LogP) is 5.97. The summed E-state index contributed by atoms with van der Waals surface area (Å²) >= 11 is 0. The van der Waals surface area contributed by atoms with Crippen LogP contribution in [0.5, 0.6) is 5.75 Å². The van der Waals surface area contributed by atoms with Gasteiger partial charge in [-0.3, -0.25) is 43.7 Å². The summed E-state index contributed by atoms with van der Waals surface area (Å²) in [5.74, 6) is -2.08. The number of hydrogen-bond acceptors (Lipinski definition) is 10. The number of anilines is 2. The number of nitrogens with one attached hydrogen (secondary N) is 3. The lowest BCUT2D eigenvalue weighted by Gasteiger charge is -2.52. The fourth-order valence-electron chi connectivity index (χ4n) is 9.88. The number of carbonyl (C=O) groups is 6. The van der Waals surface area contributed by atoms with Gasteiger partial charge in [0.25, 0.3) is 17.7 Å². The van der Waals surface area contributed by atoms with Crippen LogP contribution in [0.15, 0.2) is 54.7 Å². The Balaban J connectivity index is 0.735. The molecule has 2 aliphatic carbocycles. The Bertz CT molecular complexity index is 2500. The standard InChI is InChI=1S/C44H45F3N8O7/c1-62-35-19-32-26(17-33(35)50-38(57)31-3-2-4-36(49-31)44(45,46)47)23-54(52-32)28-20-43(21-28)13-15-53(16-14-43)40(59)25-7-5-24(6-8-25)22-48-27-9-10-29-30(18-27)42(61)55(41(29)60)34-11-12-37(56)51-39(34)58/h2-4,9-10,17-19,23-25,28,34,48H,5-8,11-16,20-22H2,1H3,(H,50,57)(H,51,56,58). The number of nitrogens with zero attached hydrogens (tertiary/aromatic N) is 5. The molecular formula is C44H45F3N8O7. The van der Waals surface area contributed by atoms with E-state index in [2.05, 4.69) is 20.9 Å². The van der Waals surface area contributed by atoms with Gasteiger partial charge in [-0.25, -0.2) is 4.98 Å². The van der Waals surface area contributed by atoms with Crippen LogP contribution in [0.1, 0.15) is 107 Å². The van der Waals surface area contributed by atoms with Gasteiger partial charge in [-0.1, -0.05) is 6.07 Å². The molecule has 1 atom stereocenters. The van der Waals surface area contributed by atoms with E-state index in [1.165, 1.54) is 13.2 Å². The molecule has 4 fully saturated rings. The summed E-state index contributed by atoms with van der Waals surface area (Å²) in [5.41, 5.74) is 0.707. The number of likely N-dealkylation sites (tertiary alicyclic amines) is 1. The summed E-state index contributed by atoms with van der Waals surface area (Å²) in [5, 5.41) is 13.8. The number of aromatic nitrogens is 3. The fourth-order valence-corrected chi connectivity index (χ4v) is 9.88. The number of rotatable bonds is 9. The molecule has 6 amide bonds. The topological polar surface area (TPSA) is 185 Å². The van der Waals surface area contributed by atoms with Crippen molar-refractivity contribution >= 4 is 57.7 Å². The zero-order chi connectivity index (χ0) is 43.5. The first-order chi connectivity index (χ1) is 29.7. The SMILES string of the molecule is COc1cc2nn(C3CC4(CCN(C(=O)C5CCC(CNc6ccc7c(c6)C(=O)N(C6CCC(=O)NC6=O)C7=O)CC5)CC4)C3)cc2cc1NC(=O)c1cccc(C(F)(F)F)n1. The van der Waals surface area contributed by atoms with Crippen LogP contribution >= 0.6 is 0 Å². The highest BCUT2D eigenvalue weighted by molar-refractivity contribution is 6.23. The van der Waals surface area contributed by atoms with E-state index in [1.54, 1.807) is 30.3 Å². The summed E-state index contributed by atoms with van der Waals surface area (Å²) in [6.45, 7) is 2.09. The minimum Gasteiger partial charge on any atom is -0.494 e. The molecule has 15 nitrogen and oxygen atoms in total. The second-order valence-electron chi connectivity index (χ2n) is 17.3. The number of ether oxygens (including phenoxy) is 1. The van der Waals surface area contributed by atoms with Crippen LogP contribution in [0.2, 0.25) is 0 Å². The maximum atomic E-state index is 13.7. The Hall–Kier alpha value is -6.33. The maximum Gasteiger partial charge on any atom is 0.433 e. The van der Waals surface area contributed by atoms with E-state index >= 15 is 0 Å². The van der Waals surface area contributed by atoms with Crippen molar-refractivity contribution in [2.75, 3.05) is 37.4 Å². The van der Waals surface area contributed by atoms with Crippen LogP contribution in [-0.2, 0) is 20.6 Å². The van der Waals surface area contributed by atoms with E-state index in [0.717, 1.165) is 86.9 Å². The number of piperidine rings is 2. The highest BCUT2D eigenvalue weighted by Gasteiger charge is 2.48. The average Bonchev–Trinajstić information content (AvgIpc) is 3.77. The zero-order valence-corrected chi connectivity index (χ0v) is 33.9. The third-order valence-electron chi connectivity index (χ3n) is 13.4. The van der Waals surface area contributed by atoms with Crippen molar-refractivity contribution in [2.24, 2.45) is 17.3 Å². The lowest BCUT2D eigenvalue weighted by Crippen LogP contribution is -2.54. The second kappa shape index (κ2) is 15.9. The molecule has 1 unspecified atom stereocenters. The molecule has 62 heavy (non-hydrogen) atoms. The summed E-state index contributed by atoms with van der Waals surface area (Å²) < 4.78 is 47.0. The molecule has 2 aromatic heterocycles. The number of carbonyl (C=O) groups excluding carboxylic acids is 6. The van der Waals surface area contributed by atoms with Gasteiger partial charge >= 0.3 is 6.18 Å². The Kier molecular flexibility index (Phi) is 10.5. The average molecular weight is 855 g/mol. The van der Waals surface area contributed by atoms with Crippen LogP contribution in [0, 0.1) is 17.3 Å². The molecule has 324 valence electrons. The molecular weight excluding hydrogens is 810 g/mol. The van der Waals surface area contributed by atoms with Crippen LogP contribution in [-0.4, -0.2) is 92.8 Å². The molecule has 0 radical (unpaired) electrons. The van der Waals surface area contributed by atoms with Gasteiger partial charge in [-0.05, 0) is 106 Å². The van der Waals surface area contributed by atoms with Gasteiger partial charge in [0.05, 0.1) is 35.5 Å². The largest absolute Gasteiger partial charge is 0.494 e. The van der Waals surface area contributed by atoms with Gasteiger partial charge in [0.15, 0.2) is 0 Å². The Morgan fingerprint density at radius 2 is 1.68 bits per heavy atom. The molecule has 0 bridgehead atoms. The Morgan fingerprint density at radius 3 is 2.39 bits per heavy atom. The van der Waals surface area contributed by atoms with E-state index in [4.69, 9.17) is 9.84 Å². The molecule has 5 aliphatic rings. The summed E-state index contributed by atoms with van der Waals surface area (Å²) in [6.07, 6.45) is 4.46. The van der Waals surface area contributed by atoms with Crippen molar-refractivity contribution in [1.29, 1.82) is 0 Å². The Morgan fingerprint density at radius 1 is 0.935 bits per heavy atom. The highest BCUT2D eigenvalue weighted by Crippen LogP contribution is 2.55. The smallest absolute Gasteiger partial charge is 0.433 e. The number of alkyl halides is 3. The van der Waals surface area contributed by atoms with E-state index in [-0.39, 0.29) is 58.6 Å². The highest BCUT2D eigenvalue weighted by atomic mass is 19.4. The van der Waals surface area contributed by atoms with Crippen LogP contribution in [0.3, 0.4) is 0 Å².